The number of ether oxygens (including phenoxy) is 1. The minimum absolute atomic E-state index is 0.258. The van der Waals surface area contributed by atoms with E-state index in [-0.39, 0.29) is 10.8 Å². The molecule has 1 atom stereocenters. The van der Waals surface area contributed by atoms with Gasteiger partial charge in [-0.25, -0.2) is 4.98 Å². The van der Waals surface area contributed by atoms with Crippen molar-refractivity contribution < 1.29 is 9.53 Å². The van der Waals surface area contributed by atoms with Crippen LogP contribution in [0.2, 0.25) is 0 Å². The van der Waals surface area contributed by atoms with Crippen LogP contribution in [0.5, 0.6) is 0 Å². The molecule has 0 bridgehead atoms. The monoisotopic (exact) mass is 289 g/mol. The Labute approximate surface area is 104 Å². The number of hydrogen-bond donors (Lipinski definition) is 0. The summed E-state index contributed by atoms with van der Waals surface area (Å²) in [6.07, 6.45) is 3.66. The summed E-state index contributed by atoms with van der Waals surface area (Å²) in [6.45, 7) is 1.28. The standard InChI is InChI=1S/C10H16BrN3O2/c1-13(6-8(11)10(15)16-3)7-9-12-4-5-14(9)2/h4-5,8H,6-7H2,1-3H3. The molecule has 1 aromatic heterocycles. The molecule has 0 fully saturated rings. The van der Waals surface area contributed by atoms with Crippen molar-refractivity contribution in [2.24, 2.45) is 7.05 Å². The summed E-state index contributed by atoms with van der Waals surface area (Å²) in [6, 6.07) is 0. The van der Waals surface area contributed by atoms with Gasteiger partial charge in [-0.2, -0.15) is 0 Å². The number of carbonyl (C=O) groups excluding carboxylic acids is 1. The molecule has 0 saturated heterocycles. The van der Waals surface area contributed by atoms with Gasteiger partial charge in [-0.05, 0) is 7.05 Å². The van der Waals surface area contributed by atoms with E-state index in [1.165, 1.54) is 7.11 Å². The van der Waals surface area contributed by atoms with E-state index >= 15 is 0 Å². The van der Waals surface area contributed by atoms with Gasteiger partial charge in [0.15, 0.2) is 0 Å². The summed E-state index contributed by atoms with van der Waals surface area (Å²) in [5.41, 5.74) is 0. The van der Waals surface area contributed by atoms with Crippen molar-refractivity contribution in [3.05, 3.63) is 18.2 Å². The van der Waals surface area contributed by atoms with Gasteiger partial charge in [0.1, 0.15) is 10.7 Å². The van der Waals surface area contributed by atoms with E-state index in [4.69, 9.17) is 0 Å². The molecule has 16 heavy (non-hydrogen) atoms. The summed E-state index contributed by atoms with van der Waals surface area (Å²) >= 11 is 3.28. The molecule has 6 heteroatoms. The van der Waals surface area contributed by atoms with Crippen LogP contribution in [0, 0.1) is 0 Å². The second-order valence-electron chi connectivity index (χ2n) is 3.64. The van der Waals surface area contributed by atoms with Crippen LogP contribution in [0.15, 0.2) is 12.4 Å². The number of esters is 1. The Hall–Kier alpha value is -0.880. The fourth-order valence-electron chi connectivity index (χ4n) is 1.33. The van der Waals surface area contributed by atoms with Crippen molar-refractivity contribution in [2.75, 3.05) is 20.7 Å². The predicted octanol–water partition coefficient (Wildman–Crippen LogP) is 0.788. The summed E-state index contributed by atoms with van der Waals surface area (Å²) in [4.78, 5) is 17.1. The molecule has 1 unspecified atom stereocenters. The highest BCUT2D eigenvalue weighted by atomic mass is 79.9. The molecule has 0 saturated carbocycles. The minimum Gasteiger partial charge on any atom is -0.468 e. The second-order valence-corrected chi connectivity index (χ2v) is 4.75. The number of rotatable bonds is 5. The third-order valence-electron chi connectivity index (χ3n) is 2.26. The number of methoxy groups -OCH3 is 1. The van der Waals surface area contributed by atoms with Crippen molar-refractivity contribution >= 4 is 21.9 Å². The lowest BCUT2D eigenvalue weighted by Crippen LogP contribution is -2.31. The Kier molecular flexibility index (Phi) is 4.95. The highest BCUT2D eigenvalue weighted by Crippen LogP contribution is 2.06. The van der Waals surface area contributed by atoms with Gasteiger partial charge < -0.3 is 9.30 Å². The molecule has 0 aliphatic rings. The third-order valence-corrected chi connectivity index (χ3v) is 2.92. The Morgan fingerprint density at radius 2 is 2.44 bits per heavy atom. The van der Waals surface area contributed by atoms with Crippen molar-refractivity contribution in [1.29, 1.82) is 0 Å². The first-order valence-corrected chi connectivity index (χ1v) is 5.82. The van der Waals surface area contributed by atoms with Crippen LogP contribution >= 0.6 is 15.9 Å². The van der Waals surface area contributed by atoms with Crippen LogP contribution in [0.1, 0.15) is 5.82 Å². The van der Waals surface area contributed by atoms with Gasteiger partial charge in [0, 0.05) is 26.0 Å². The second kappa shape index (κ2) is 6.00. The van der Waals surface area contributed by atoms with Gasteiger partial charge in [-0.3, -0.25) is 9.69 Å². The predicted molar refractivity (Wildman–Crippen MR) is 64.3 cm³/mol. The molecule has 0 aliphatic carbocycles. The molecular weight excluding hydrogens is 274 g/mol. The molecule has 0 spiro atoms. The van der Waals surface area contributed by atoms with E-state index < -0.39 is 0 Å². The molecule has 1 rings (SSSR count). The summed E-state index contributed by atoms with van der Waals surface area (Å²) < 4.78 is 6.59. The van der Waals surface area contributed by atoms with Gasteiger partial charge in [0.25, 0.3) is 0 Å². The Balaban J connectivity index is 2.45. The Morgan fingerprint density at radius 3 is 2.94 bits per heavy atom. The fraction of sp³-hybridized carbons (Fsp3) is 0.600. The normalized spacial score (nSPS) is 12.8. The van der Waals surface area contributed by atoms with Crippen LogP contribution in [0.4, 0.5) is 0 Å². The molecular formula is C10H16BrN3O2. The van der Waals surface area contributed by atoms with Crippen molar-refractivity contribution in [3.8, 4) is 0 Å². The Bertz CT molecular complexity index is 354. The van der Waals surface area contributed by atoms with E-state index in [2.05, 4.69) is 25.7 Å². The summed E-state index contributed by atoms with van der Waals surface area (Å²) in [5.74, 6) is 0.707. The average Bonchev–Trinajstić information content (AvgIpc) is 2.63. The fourth-order valence-corrected chi connectivity index (χ4v) is 2.01. The van der Waals surface area contributed by atoms with E-state index in [1.807, 2.05) is 29.8 Å². The number of nitrogens with zero attached hydrogens (tertiary/aromatic N) is 3. The molecule has 0 N–H and O–H groups in total. The first-order chi connectivity index (χ1) is 7.54. The van der Waals surface area contributed by atoms with Gasteiger partial charge >= 0.3 is 5.97 Å². The van der Waals surface area contributed by atoms with E-state index in [9.17, 15) is 4.79 Å². The average molecular weight is 290 g/mol. The summed E-state index contributed by atoms with van der Waals surface area (Å²) in [7, 11) is 5.27. The highest BCUT2D eigenvalue weighted by Gasteiger charge is 2.17. The number of imidazole rings is 1. The maximum atomic E-state index is 11.2. The molecule has 0 aliphatic heterocycles. The van der Waals surface area contributed by atoms with E-state index in [1.54, 1.807) is 6.20 Å². The SMILES string of the molecule is COC(=O)C(Br)CN(C)Cc1nccn1C. The molecule has 5 nitrogen and oxygen atoms in total. The van der Waals surface area contributed by atoms with Crippen molar-refractivity contribution in [3.63, 3.8) is 0 Å². The van der Waals surface area contributed by atoms with Gasteiger partial charge in [-0.1, -0.05) is 15.9 Å². The number of halogens is 1. The van der Waals surface area contributed by atoms with Crippen LogP contribution in [-0.2, 0) is 23.1 Å². The van der Waals surface area contributed by atoms with Crippen LogP contribution in [0.25, 0.3) is 0 Å². The zero-order valence-corrected chi connectivity index (χ0v) is 11.3. The zero-order chi connectivity index (χ0) is 12.1. The first kappa shape index (κ1) is 13.2. The zero-order valence-electron chi connectivity index (χ0n) is 9.68. The van der Waals surface area contributed by atoms with Crippen LogP contribution < -0.4 is 0 Å². The van der Waals surface area contributed by atoms with Crippen molar-refractivity contribution in [2.45, 2.75) is 11.4 Å². The third kappa shape index (κ3) is 3.61. The van der Waals surface area contributed by atoms with E-state index in [0.717, 1.165) is 5.82 Å². The number of carbonyl (C=O) groups is 1. The van der Waals surface area contributed by atoms with Gasteiger partial charge in [-0.15, -0.1) is 0 Å². The molecule has 0 radical (unpaired) electrons. The lowest BCUT2D eigenvalue weighted by atomic mass is 10.4. The summed E-state index contributed by atoms with van der Waals surface area (Å²) in [5, 5.41) is 0. The lowest BCUT2D eigenvalue weighted by molar-refractivity contribution is -0.140. The highest BCUT2D eigenvalue weighted by molar-refractivity contribution is 9.10. The molecule has 0 amide bonds. The molecule has 90 valence electrons. The number of aromatic nitrogens is 2. The first-order valence-electron chi connectivity index (χ1n) is 4.91. The molecule has 1 aromatic rings. The van der Waals surface area contributed by atoms with E-state index in [0.29, 0.717) is 13.1 Å². The minimum atomic E-state index is -0.303. The number of aryl methyl sites for hydroxylation is 1. The quantitative estimate of drug-likeness (QED) is 0.594. The smallest absolute Gasteiger partial charge is 0.320 e. The van der Waals surface area contributed by atoms with Gasteiger partial charge in [0.2, 0.25) is 0 Å². The molecule has 0 aromatic carbocycles. The largest absolute Gasteiger partial charge is 0.468 e. The van der Waals surface area contributed by atoms with Gasteiger partial charge in [0.05, 0.1) is 13.7 Å². The number of alkyl halides is 1. The van der Waals surface area contributed by atoms with Crippen molar-refractivity contribution in [1.82, 2.24) is 14.5 Å². The lowest BCUT2D eigenvalue weighted by Gasteiger charge is -2.18. The topological polar surface area (TPSA) is 47.4 Å². The maximum absolute atomic E-state index is 11.2. The molecule has 1 heterocycles. The van der Waals surface area contributed by atoms with Crippen LogP contribution in [0.3, 0.4) is 0 Å². The maximum Gasteiger partial charge on any atom is 0.320 e. The van der Waals surface area contributed by atoms with Crippen LogP contribution in [-0.4, -0.2) is 45.9 Å². The Morgan fingerprint density at radius 1 is 1.75 bits per heavy atom. The number of hydrogen-bond acceptors (Lipinski definition) is 4.